The van der Waals surface area contributed by atoms with Crippen LogP contribution in [-0.2, 0) is 16.1 Å². The van der Waals surface area contributed by atoms with Crippen LogP contribution < -0.4 is 0 Å². The Labute approximate surface area is 112 Å². The highest BCUT2D eigenvalue weighted by molar-refractivity contribution is 5.71. The molecule has 0 aliphatic heterocycles. The summed E-state index contributed by atoms with van der Waals surface area (Å²) in [6, 6.07) is 1.84. The van der Waals surface area contributed by atoms with Crippen molar-refractivity contribution in [3.05, 3.63) is 29.8 Å². The van der Waals surface area contributed by atoms with Gasteiger partial charge in [0, 0.05) is 18.8 Å². The number of methoxy groups -OCH3 is 1. The number of hydrogen-bond donors (Lipinski definition) is 0. The molecule has 2 rings (SSSR count). The molecule has 0 saturated heterocycles. The van der Waals surface area contributed by atoms with Gasteiger partial charge in [-0.25, -0.2) is 4.39 Å². The minimum Gasteiger partial charge on any atom is -0.468 e. The maximum atomic E-state index is 13.2. The van der Waals surface area contributed by atoms with Gasteiger partial charge in [0.05, 0.1) is 19.9 Å². The van der Waals surface area contributed by atoms with Crippen molar-refractivity contribution in [2.45, 2.75) is 38.3 Å². The van der Waals surface area contributed by atoms with E-state index in [1.54, 1.807) is 6.20 Å². The number of hydrogen-bond acceptors (Lipinski definition) is 4. The molecule has 104 valence electrons. The van der Waals surface area contributed by atoms with Crippen molar-refractivity contribution in [2.24, 2.45) is 0 Å². The smallest absolute Gasteiger partial charge is 0.319 e. The molecule has 0 amide bonds. The Hall–Kier alpha value is -1.49. The molecule has 1 aliphatic carbocycles. The van der Waals surface area contributed by atoms with Crippen molar-refractivity contribution in [3.8, 4) is 0 Å². The van der Waals surface area contributed by atoms with Gasteiger partial charge in [0.1, 0.15) is 5.82 Å². The first-order chi connectivity index (χ1) is 9.19. The number of carbonyl (C=O) groups is 1. The predicted molar refractivity (Wildman–Crippen MR) is 68.9 cm³/mol. The van der Waals surface area contributed by atoms with Gasteiger partial charge in [-0.05, 0) is 24.5 Å². The number of halogens is 1. The van der Waals surface area contributed by atoms with Crippen molar-refractivity contribution in [1.82, 2.24) is 9.88 Å². The first-order valence-corrected chi connectivity index (χ1v) is 6.59. The fraction of sp³-hybridized carbons (Fsp3) is 0.571. The first kappa shape index (κ1) is 13.9. The van der Waals surface area contributed by atoms with E-state index in [2.05, 4.69) is 9.88 Å². The van der Waals surface area contributed by atoms with Crippen LogP contribution in [0.15, 0.2) is 18.5 Å². The highest BCUT2D eigenvalue weighted by atomic mass is 19.1. The number of carbonyl (C=O) groups excluding carboxylic acids is 1. The lowest BCUT2D eigenvalue weighted by atomic mass is 10.1. The highest BCUT2D eigenvalue weighted by Crippen LogP contribution is 2.24. The zero-order chi connectivity index (χ0) is 13.7. The molecule has 4 nitrogen and oxygen atoms in total. The van der Waals surface area contributed by atoms with Gasteiger partial charge >= 0.3 is 5.97 Å². The molecule has 1 aliphatic rings. The number of rotatable bonds is 5. The number of ether oxygens (including phenoxy) is 1. The fourth-order valence-electron chi connectivity index (χ4n) is 2.59. The summed E-state index contributed by atoms with van der Waals surface area (Å²) in [5.74, 6) is -0.599. The molecule has 0 radical (unpaired) electrons. The third-order valence-electron chi connectivity index (χ3n) is 3.55. The Morgan fingerprint density at radius 2 is 2.21 bits per heavy atom. The van der Waals surface area contributed by atoms with Crippen molar-refractivity contribution in [2.75, 3.05) is 13.7 Å². The van der Waals surface area contributed by atoms with Gasteiger partial charge in [0.25, 0.3) is 0 Å². The molecule has 19 heavy (non-hydrogen) atoms. The van der Waals surface area contributed by atoms with Crippen molar-refractivity contribution < 1.29 is 13.9 Å². The summed E-state index contributed by atoms with van der Waals surface area (Å²) < 4.78 is 17.9. The van der Waals surface area contributed by atoms with E-state index in [0.29, 0.717) is 12.6 Å². The van der Waals surface area contributed by atoms with Crippen LogP contribution in [0.4, 0.5) is 4.39 Å². The van der Waals surface area contributed by atoms with Gasteiger partial charge in [-0.2, -0.15) is 0 Å². The van der Waals surface area contributed by atoms with Crippen LogP contribution in [0.3, 0.4) is 0 Å². The molecule has 5 heteroatoms. The molecule has 0 spiro atoms. The SMILES string of the molecule is COC(=O)CN(Cc1cncc(F)c1)C1CCCC1. The maximum absolute atomic E-state index is 13.2. The summed E-state index contributed by atoms with van der Waals surface area (Å²) in [7, 11) is 1.39. The van der Waals surface area contributed by atoms with Gasteiger partial charge in [0.2, 0.25) is 0 Å². The molecule has 0 aromatic carbocycles. The van der Waals surface area contributed by atoms with Crippen molar-refractivity contribution in [3.63, 3.8) is 0 Å². The van der Waals surface area contributed by atoms with E-state index in [0.717, 1.165) is 18.4 Å². The molecule has 1 saturated carbocycles. The molecule has 1 aromatic heterocycles. The van der Waals surface area contributed by atoms with Gasteiger partial charge in [0.15, 0.2) is 0 Å². The predicted octanol–water partition coefficient (Wildman–Crippen LogP) is 2.14. The third-order valence-corrected chi connectivity index (χ3v) is 3.55. The molecule has 0 atom stereocenters. The van der Waals surface area contributed by atoms with E-state index >= 15 is 0 Å². The Kier molecular flexibility index (Phi) is 4.85. The Bertz CT molecular complexity index is 433. The molecule has 1 heterocycles. The normalized spacial score (nSPS) is 15.9. The van der Waals surface area contributed by atoms with Crippen LogP contribution in [0.25, 0.3) is 0 Å². The Balaban J connectivity index is 2.05. The zero-order valence-electron chi connectivity index (χ0n) is 11.1. The van der Waals surface area contributed by atoms with Gasteiger partial charge in [-0.1, -0.05) is 12.8 Å². The van der Waals surface area contributed by atoms with Gasteiger partial charge in [-0.15, -0.1) is 0 Å². The summed E-state index contributed by atoms with van der Waals surface area (Å²) in [6.45, 7) is 0.780. The van der Waals surface area contributed by atoms with Crippen LogP contribution in [0, 0.1) is 5.82 Å². The minimum absolute atomic E-state index is 0.248. The van der Waals surface area contributed by atoms with Crippen LogP contribution in [-0.4, -0.2) is 35.5 Å². The standard InChI is InChI=1S/C14H19FN2O2/c1-19-14(18)10-17(13-4-2-3-5-13)9-11-6-12(15)8-16-7-11/h6-8,13H,2-5,9-10H2,1H3. The summed E-state index contributed by atoms with van der Waals surface area (Å²) in [6.07, 6.45) is 7.36. The van der Waals surface area contributed by atoms with Crippen LogP contribution in [0.1, 0.15) is 31.2 Å². The van der Waals surface area contributed by atoms with Gasteiger partial charge < -0.3 is 4.74 Å². The van der Waals surface area contributed by atoms with Crippen molar-refractivity contribution in [1.29, 1.82) is 0 Å². The lowest BCUT2D eigenvalue weighted by Gasteiger charge is -2.27. The van der Waals surface area contributed by atoms with E-state index in [1.807, 2.05) is 0 Å². The number of aromatic nitrogens is 1. The number of pyridine rings is 1. The summed E-state index contributed by atoms with van der Waals surface area (Å²) in [5.41, 5.74) is 0.788. The third kappa shape index (κ3) is 3.99. The van der Waals surface area contributed by atoms with Crippen molar-refractivity contribution >= 4 is 5.97 Å². The average Bonchev–Trinajstić information content (AvgIpc) is 2.91. The van der Waals surface area contributed by atoms with E-state index in [1.165, 1.54) is 32.2 Å². The Morgan fingerprint density at radius 1 is 1.47 bits per heavy atom. The maximum Gasteiger partial charge on any atom is 0.319 e. The molecular weight excluding hydrogens is 247 g/mol. The second-order valence-electron chi connectivity index (χ2n) is 4.93. The number of esters is 1. The molecule has 0 bridgehead atoms. The molecular formula is C14H19FN2O2. The summed E-state index contributed by atoms with van der Waals surface area (Å²) >= 11 is 0. The first-order valence-electron chi connectivity index (χ1n) is 6.59. The minimum atomic E-state index is -0.345. The van der Waals surface area contributed by atoms with Gasteiger partial charge in [-0.3, -0.25) is 14.7 Å². The second-order valence-corrected chi connectivity index (χ2v) is 4.93. The number of nitrogens with zero attached hydrogens (tertiary/aromatic N) is 2. The van der Waals surface area contributed by atoms with E-state index in [9.17, 15) is 9.18 Å². The highest BCUT2D eigenvalue weighted by Gasteiger charge is 2.24. The molecule has 0 N–H and O–H groups in total. The molecule has 1 fully saturated rings. The molecule has 1 aromatic rings. The zero-order valence-corrected chi connectivity index (χ0v) is 11.1. The fourth-order valence-corrected chi connectivity index (χ4v) is 2.59. The van der Waals surface area contributed by atoms with Crippen LogP contribution >= 0.6 is 0 Å². The largest absolute Gasteiger partial charge is 0.468 e. The van der Waals surface area contributed by atoms with Crippen LogP contribution in [0.2, 0.25) is 0 Å². The second kappa shape index (κ2) is 6.61. The summed E-state index contributed by atoms with van der Waals surface area (Å²) in [4.78, 5) is 17.4. The average molecular weight is 266 g/mol. The van der Waals surface area contributed by atoms with Crippen LogP contribution in [0.5, 0.6) is 0 Å². The quantitative estimate of drug-likeness (QED) is 0.766. The summed E-state index contributed by atoms with van der Waals surface area (Å²) in [5, 5.41) is 0. The topological polar surface area (TPSA) is 42.4 Å². The van der Waals surface area contributed by atoms with E-state index in [4.69, 9.17) is 4.74 Å². The lowest BCUT2D eigenvalue weighted by Crippen LogP contribution is -2.37. The molecule has 0 unspecified atom stereocenters. The monoisotopic (exact) mass is 266 g/mol. The van der Waals surface area contributed by atoms with E-state index in [-0.39, 0.29) is 18.3 Å². The Morgan fingerprint density at radius 3 is 2.84 bits per heavy atom. The van der Waals surface area contributed by atoms with E-state index < -0.39 is 0 Å². The lowest BCUT2D eigenvalue weighted by molar-refractivity contribution is -0.142.